The van der Waals surface area contributed by atoms with Gasteiger partial charge in [0.2, 0.25) is 0 Å². The van der Waals surface area contributed by atoms with E-state index in [9.17, 15) is 9.90 Å². The fourth-order valence-corrected chi connectivity index (χ4v) is 2.35. The maximum absolute atomic E-state index is 11.7. The highest BCUT2D eigenvalue weighted by Crippen LogP contribution is 2.24. The average Bonchev–Trinajstić information content (AvgIpc) is 2.88. The summed E-state index contributed by atoms with van der Waals surface area (Å²) >= 11 is 1.47. The highest BCUT2D eigenvalue weighted by atomic mass is 32.1. The van der Waals surface area contributed by atoms with E-state index in [4.69, 9.17) is 4.74 Å². The molecule has 6 heteroatoms. The van der Waals surface area contributed by atoms with E-state index in [-0.39, 0.29) is 18.6 Å². The molecule has 0 aliphatic rings. The SMILES string of the molecule is COCC[C@H](C)NC(=O)NC[C@@](C)(O)c1cccs1. The van der Waals surface area contributed by atoms with E-state index in [0.29, 0.717) is 6.61 Å². The molecule has 0 radical (unpaired) electrons. The van der Waals surface area contributed by atoms with Gasteiger partial charge in [-0.05, 0) is 31.7 Å². The molecule has 0 spiro atoms. The third-order valence-electron chi connectivity index (χ3n) is 2.78. The van der Waals surface area contributed by atoms with Gasteiger partial charge in [-0.1, -0.05) is 6.07 Å². The van der Waals surface area contributed by atoms with Gasteiger partial charge in [0, 0.05) is 24.6 Å². The molecule has 2 amide bonds. The number of carbonyl (C=O) groups excluding carboxylic acids is 1. The third kappa shape index (κ3) is 5.59. The average molecular weight is 286 g/mol. The lowest BCUT2D eigenvalue weighted by Crippen LogP contribution is -2.46. The lowest BCUT2D eigenvalue weighted by Gasteiger charge is -2.23. The van der Waals surface area contributed by atoms with E-state index in [2.05, 4.69) is 10.6 Å². The molecule has 2 atom stereocenters. The van der Waals surface area contributed by atoms with Crippen molar-refractivity contribution in [3.63, 3.8) is 0 Å². The molecule has 0 fully saturated rings. The molecule has 108 valence electrons. The zero-order valence-corrected chi connectivity index (χ0v) is 12.4. The Bertz CT molecular complexity index is 379. The van der Waals surface area contributed by atoms with Gasteiger partial charge in [0.25, 0.3) is 0 Å². The largest absolute Gasteiger partial charge is 0.385 e. The number of amides is 2. The molecule has 1 aromatic heterocycles. The molecule has 0 aliphatic carbocycles. The van der Waals surface area contributed by atoms with E-state index >= 15 is 0 Å². The number of thiophene rings is 1. The maximum Gasteiger partial charge on any atom is 0.315 e. The summed E-state index contributed by atoms with van der Waals surface area (Å²) in [5, 5.41) is 17.6. The summed E-state index contributed by atoms with van der Waals surface area (Å²) in [5.74, 6) is 0. The molecule has 0 bridgehead atoms. The van der Waals surface area contributed by atoms with Crippen LogP contribution in [0, 0.1) is 0 Å². The van der Waals surface area contributed by atoms with Crippen molar-refractivity contribution in [1.82, 2.24) is 10.6 Å². The third-order valence-corrected chi connectivity index (χ3v) is 3.90. The molecule has 1 heterocycles. The Morgan fingerprint density at radius 1 is 1.63 bits per heavy atom. The van der Waals surface area contributed by atoms with Gasteiger partial charge < -0.3 is 20.5 Å². The smallest absolute Gasteiger partial charge is 0.315 e. The maximum atomic E-state index is 11.7. The Hall–Kier alpha value is -1.11. The second kappa shape index (κ2) is 7.47. The van der Waals surface area contributed by atoms with Crippen LogP contribution in [0.1, 0.15) is 25.1 Å². The second-order valence-corrected chi connectivity index (χ2v) is 5.71. The Labute approximate surface area is 118 Å². The van der Waals surface area contributed by atoms with Crippen LogP contribution in [0.3, 0.4) is 0 Å². The molecule has 0 unspecified atom stereocenters. The molecule has 3 N–H and O–H groups in total. The first kappa shape index (κ1) is 15.9. The number of hydrogen-bond acceptors (Lipinski definition) is 4. The fraction of sp³-hybridized carbons (Fsp3) is 0.615. The number of aliphatic hydroxyl groups is 1. The van der Waals surface area contributed by atoms with Crippen LogP contribution >= 0.6 is 11.3 Å². The predicted octanol–water partition coefficient (Wildman–Crippen LogP) is 1.68. The first-order chi connectivity index (χ1) is 8.95. The monoisotopic (exact) mass is 286 g/mol. The van der Waals surface area contributed by atoms with Crippen LogP contribution in [-0.4, -0.2) is 37.4 Å². The molecule has 0 aliphatic heterocycles. The summed E-state index contributed by atoms with van der Waals surface area (Å²) in [6, 6.07) is 3.49. The molecular formula is C13H22N2O3S. The van der Waals surface area contributed by atoms with Crippen molar-refractivity contribution in [2.75, 3.05) is 20.3 Å². The van der Waals surface area contributed by atoms with Crippen LogP contribution in [0.4, 0.5) is 4.79 Å². The zero-order valence-electron chi connectivity index (χ0n) is 11.6. The summed E-state index contributed by atoms with van der Waals surface area (Å²) in [4.78, 5) is 12.5. The van der Waals surface area contributed by atoms with E-state index in [1.165, 1.54) is 11.3 Å². The standard InChI is InChI=1S/C13H22N2O3S/c1-10(6-7-18-3)15-12(16)14-9-13(2,17)11-5-4-8-19-11/h4-5,8,10,17H,6-7,9H2,1-3H3,(H2,14,15,16)/t10-,13+/m0/s1. The van der Waals surface area contributed by atoms with Crippen molar-refractivity contribution in [2.45, 2.75) is 31.9 Å². The van der Waals surface area contributed by atoms with Crippen molar-refractivity contribution in [1.29, 1.82) is 0 Å². The molecule has 0 saturated carbocycles. The molecule has 5 nitrogen and oxygen atoms in total. The topological polar surface area (TPSA) is 70.6 Å². The zero-order chi connectivity index (χ0) is 14.3. The number of ether oxygens (including phenoxy) is 1. The van der Waals surface area contributed by atoms with Gasteiger partial charge in [0.15, 0.2) is 0 Å². The van der Waals surface area contributed by atoms with Crippen LogP contribution in [0.15, 0.2) is 17.5 Å². The van der Waals surface area contributed by atoms with Crippen LogP contribution in [0.5, 0.6) is 0 Å². The first-order valence-corrected chi connectivity index (χ1v) is 7.13. The summed E-state index contributed by atoms with van der Waals surface area (Å²) in [7, 11) is 1.63. The highest BCUT2D eigenvalue weighted by Gasteiger charge is 2.24. The lowest BCUT2D eigenvalue weighted by atomic mass is 10.1. The van der Waals surface area contributed by atoms with Crippen LogP contribution < -0.4 is 10.6 Å². The minimum absolute atomic E-state index is 0.0339. The van der Waals surface area contributed by atoms with E-state index in [1.54, 1.807) is 14.0 Å². The van der Waals surface area contributed by atoms with Gasteiger partial charge >= 0.3 is 6.03 Å². The van der Waals surface area contributed by atoms with Crippen molar-refractivity contribution in [3.05, 3.63) is 22.4 Å². The van der Waals surface area contributed by atoms with Gasteiger partial charge in [-0.15, -0.1) is 11.3 Å². The minimum atomic E-state index is -1.04. The molecule has 0 aromatic carbocycles. The number of nitrogens with one attached hydrogen (secondary N) is 2. The Kier molecular flexibility index (Phi) is 6.27. The normalized spacial score (nSPS) is 15.6. The number of rotatable bonds is 7. The molecule has 1 rings (SSSR count). The molecule has 19 heavy (non-hydrogen) atoms. The first-order valence-electron chi connectivity index (χ1n) is 6.25. The minimum Gasteiger partial charge on any atom is -0.385 e. The van der Waals surface area contributed by atoms with Crippen molar-refractivity contribution in [3.8, 4) is 0 Å². The summed E-state index contributed by atoms with van der Waals surface area (Å²) in [6.45, 7) is 4.38. The number of urea groups is 1. The van der Waals surface area contributed by atoms with E-state index < -0.39 is 5.60 Å². The van der Waals surface area contributed by atoms with Crippen molar-refractivity contribution in [2.24, 2.45) is 0 Å². The Balaban J connectivity index is 2.34. The van der Waals surface area contributed by atoms with Crippen LogP contribution in [0.2, 0.25) is 0 Å². The number of methoxy groups -OCH3 is 1. The van der Waals surface area contributed by atoms with Crippen LogP contribution in [0.25, 0.3) is 0 Å². The Morgan fingerprint density at radius 3 is 2.95 bits per heavy atom. The van der Waals surface area contributed by atoms with Gasteiger partial charge in [-0.25, -0.2) is 4.79 Å². The van der Waals surface area contributed by atoms with Crippen molar-refractivity contribution >= 4 is 17.4 Å². The summed E-state index contributed by atoms with van der Waals surface area (Å²) < 4.78 is 4.95. The number of carbonyl (C=O) groups is 1. The molecular weight excluding hydrogens is 264 g/mol. The van der Waals surface area contributed by atoms with Crippen molar-refractivity contribution < 1.29 is 14.6 Å². The molecule has 0 saturated heterocycles. The van der Waals surface area contributed by atoms with Gasteiger partial charge in [-0.2, -0.15) is 0 Å². The highest BCUT2D eigenvalue weighted by molar-refractivity contribution is 7.10. The van der Waals surface area contributed by atoms with Crippen LogP contribution in [-0.2, 0) is 10.3 Å². The summed E-state index contributed by atoms with van der Waals surface area (Å²) in [5.41, 5.74) is -1.04. The fourth-order valence-electron chi connectivity index (χ4n) is 1.57. The lowest BCUT2D eigenvalue weighted by molar-refractivity contribution is 0.0629. The predicted molar refractivity (Wildman–Crippen MR) is 76.4 cm³/mol. The van der Waals surface area contributed by atoms with E-state index in [1.807, 2.05) is 24.4 Å². The Morgan fingerprint density at radius 2 is 2.37 bits per heavy atom. The van der Waals surface area contributed by atoms with Gasteiger partial charge in [0.05, 0.1) is 6.54 Å². The van der Waals surface area contributed by atoms with Gasteiger partial charge in [-0.3, -0.25) is 0 Å². The summed E-state index contributed by atoms with van der Waals surface area (Å²) in [6.07, 6.45) is 0.755. The van der Waals surface area contributed by atoms with Gasteiger partial charge in [0.1, 0.15) is 5.60 Å². The second-order valence-electron chi connectivity index (χ2n) is 4.76. The van der Waals surface area contributed by atoms with E-state index in [0.717, 1.165) is 11.3 Å². The quantitative estimate of drug-likeness (QED) is 0.714. The molecule has 1 aromatic rings. The number of hydrogen-bond donors (Lipinski definition) is 3.